The molecule has 0 saturated carbocycles. The number of unbranched alkanes of at least 4 members (excludes halogenated alkanes) is 3. The van der Waals surface area contributed by atoms with Crippen molar-refractivity contribution in [3.8, 4) is 0 Å². The summed E-state index contributed by atoms with van der Waals surface area (Å²) in [5, 5.41) is 2.77. The van der Waals surface area contributed by atoms with Gasteiger partial charge in [0.2, 0.25) is 5.91 Å². The van der Waals surface area contributed by atoms with Crippen LogP contribution in [0.3, 0.4) is 0 Å². The van der Waals surface area contributed by atoms with E-state index in [1.54, 1.807) is 12.2 Å². The fourth-order valence-electron chi connectivity index (χ4n) is 1.48. The smallest absolute Gasteiger partial charge is 0.243 e. The number of nitrogens with one attached hydrogen (secondary N) is 1. The molecule has 1 N–H and O–H groups in total. The molecule has 0 fully saturated rings. The third-order valence-corrected chi connectivity index (χ3v) is 2.60. The van der Waals surface area contributed by atoms with Gasteiger partial charge in [-0.25, -0.2) is 0 Å². The van der Waals surface area contributed by atoms with Crippen LogP contribution in [-0.4, -0.2) is 18.2 Å². The van der Waals surface area contributed by atoms with Gasteiger partial charge in [-0.15, -0.1) is 0 Å². The lowest BCUT2D eigenvalue weighted by molar-refractivity contribution is -0.117. The molecule has 0 aromatic heterocycles. The van der Waals surface area contributed by atoms with E-state index in [1.165, 1.54) is 25.0 Å². The molecule has 0 aromatic carbocycles. The molecule has 0 aliphatic carbocycles. The van der Waals surface area contributed by atoms with Crippen LogP contribution in [0.15, 0.2) is 24.3 Å². The third-order valence-electron chi connectivity index (χ3n) is 2.60. The van der Waals surface area contributed by atoms with Gasteiger partial charge in [0.1, 0.15) is 0 Å². The molecule has 1 amide bonds. The van der Waals surface area contributed by atoms with E-state index in [9.17, 15) is 9.59 Å². The summed E-state index contributed by atoms with van der Waals surface area (Å²) in [6.07, 6.45) is 11.3. The molecule has 0 aliphatic rings. The molecule has 0 radical (unpaired) electrons. The minimum atomic E-state index is -0.117. The highest BCUT2D eigenvalue weighted by Crippen LogP contribution is 2.03. The van der Waals surface area contributed by atoms with Crippen LogP contribution in [0.2, 0.25) is 0 Å². The van der Waals surface area contributed by atoms with Crippen LogP contribution in [0.25, 0.3) is 0 Å². The minimum absolute atomic E-state index is 0.117. The summed E-state index contributed by atoms with van der Waals surface area (Å²) in [5.74, 6) is 0.453. The van der Waals surface area contributed by atoms with Crippen LogP contribution in [-0.2, 0) is 9.59 Å². The van der Waals surface area contributed by atoms with Crippen molar-refractivity contribution in [3.63, 3.8) is 0 Å². The average molecular weight is 265 g/mol. The van der Waals surface area contributed by atoms with Gasteiger partial charge in [0.25, 0.3) is 0 Å². The van der Waals surface area contributed by atoms with Crippen LogP contribution in [0.1, 0.15) is 52.9 Å². The number of hydrogen-bond donors (Lipinski definition) is 1. The molecule has 0 aromatic rings. The fraction of sp³-hybridized carbons (Fsp3) is 0.625. The molecular weight excluding hydrogens is 238 g/mol. The van der Waals surface area contributed by atoms with Crippen molar-refractivity contribution in [2.45, 2.75) is 52.9 Å². The Hall–Kier alpha value is -1.38. The predicted octanol–water partition coefficient (Wildman–Crippen LogP) is 3.41. The highest BCUT2D eigenvalue weighted by Gasteiger charge is 1.97. The van der Waals surface area contributed by atoms with E-state index in [2.05, 4.69) is 12.2 Å². The Morgan fingerprint density at radius 2 is 1.74 bits per heavy atom. The molecule has 0 saturated heterocycles. The summed E-state index contributed by atoms with van der Waals surface area (Å²) in [6.45, 7) is 6.91. The van der Waals surface area contributed by atoms with Gasteiger partial charge in [-0.1, -0.05) is 52.2 Å². The monoisotopic (exact) mass is 265 g/mol. The van der Waals surface area contributed by atoms with Crippen molar-refractivity contribution < 1.29 is 9.59 Å². The zero-order chi connectivity index (χ0) is 14.5. The standard InChI is InChI=1S/C16H27NO2/c1-4-5-6-7-10-15(18)11-8-9-12-16(19)17-13-14(2)3/h8-9,11-12,14H,4-7,10,13H2,1-3H3,(H,17,19)/b11-8+,12-9+. The van der Waals surface area contributed by atoms with Crippen molar-refractivity contribution in [2.24, 2.45) is 5.92 Å². The molecule has 0 aliphatic heterocycles. The molecule has 0 heterocycles. The summed E-state index contributed by atoms with van der Waals surface area (Å²) in [7, 11) is 0. The van der Waals surface area contributed by atoms with Gasteiger partial charge < -0.3 is 5.32 Å². The van der Waals surface area contributed by atoms with Crippen LogP contribution in [0.4, 0.5) is 0 Å². The largest absolute Gasteiger partial charge is 0.352 e. The van der Waals surface area contributed by atoms with Gasteiger partial charge in [-0.05, 0) is 18.4 Å². The summed E-state index contributed by atoms with van der Waals surface area (Å²) in [6, 6.07) is 0. The maximum absolute atomic E-state index is 11.4. The zero-order valence-electron chi connectivity index (χ0n) is 12.4. The lowest BCUT2D eigenvalue weighted by atomic mass is 10.1. The molecule has 3 nitrogen and oxygen atoms in total. The van der Waals surface area contributed by atoms with Crippen molar-refractivity contribution in [1.82, 2.24) is 5.32 Å². The minimum Gasteiger partial charge on any atom is -0.352 e. The third kappa shape index (κ3) is 12.9. The van der Waals surface area contributed by atoms with E-state index in [0.29, 0.717) is 18.9 Å². The highest BCUT2D eigenvalue weighted by molar-refractivity contribution is 5.90. The van der Waals surface area contributed by atoms with Gasteiger partial charge in [0, 0.05) is 19.0 Å². The molecular formula is C16H27NO2. The van der Waals surface area contributed by atoms with E-state index in [1.807, 2.05) is 13.8 Å². The average Bonchev–Trinajstić information content (AvgIpc) is 2.37. The van der Waals surface area contributed by atoms with Crippen molar-refractivity contribution >= 4 is 11.7 Å². The number of ketones is 1. The van der Waals surface area contributed by atoms with Gasteiger partial charge in [0.15, 0.2) is 5.78 Å². The Balaban J connectivity index is 3.75. The Morgan fingerprint density at radius 3 is 2.37 bits per heavy atom. The second-order valence-electron chi connectivity index (χ2n) is 5.13. The number of carbonyl (C=O) groups is 2. The van der Waals surface area contributed by atoms with E-state index in [4.69, 9.17) is 0 Å². The lowest BCUT2D eigenvalue weighted by Crippen LogP contribution is -2.25. The first kappa shape index (κ1) is 17.6. The number of amides is 1. The van der Waals surface area contributed by atoms with E-state index in [0.717, 1.165) is 12.8 Å². The molecule has 0 atom stereocenters. The maximum Gasteiger partial charge on any atom is 0.243 e. The van der Waals surface area contributed by atoms with E-state index >= 15 is 0 Å². The summed E-state index contributed by atoms with van der Waals surface area (Å²) < 4.78 is 0. The Morgan fingerprint density at radius 1 is 1.05 bits per heavy atom. The van der Waals surface area contributed by atoms with E-state index < -0.39 is 0 Å². The van der Waals surface area contributed by atoms with Crippen LogP contribution in [0, 0.1) is 5.92 Å². The Bertz CT molecular complexity index is 317. The van der Waals surface area contributed by atoms with Crippen LogP contribution >= 0.6 is 0 Å². The fourth-order valence-corrected chi connectivity index (χ4v) is 1.48. The summed E-state index contributed by atoms with van der Waals surface area (Å²) in [5.41, 5.74) is 0. The number of rotatable bonds is 10. The Kier molecular flexibility index (Phi) is 10.8. The second kappa shape index (κ2) is 11.7. The first-order chi connectivity index (χ1) is 9.06. The van der Waals surface area contributed by atoms with Crippen molar-refractivity contribution in [2.75, 3.05) is 6.54 Å². The van der Waals surface area contributed by atoms with Gasteiger partial charge in [-0.3, -0.25) is 9.59 Å². The number of hydrogen-bond acceptors (Lipinski definition) is 2. The first-order valence-corrected chi connectivity index (χ1v) is 7.21. The van der Waals surface area contributed by atoms with E-state index in [-0.39, 0.29) is 11.7 Å². The quantitative estimate of drug-likeness (QED) is 0.374. The lowest BCUT2D eigenvalue weighted by Gasteiger charge is -2.03. The first-order valence-electron chi connectivity index (χ1n) is 7.21. The van der Waals surface area contributed by atoms with Gasteiger partial charge >= 0.3 is 0 Å². The highest BCUT2D eigenvalue weighted by atomic mass is 16.1. The van der Waals surface area contributed by atoms with Crippen LogP contribution < -0.4 is 5.32 Å². The van der Waals surface area contributed by atoms with Crippen LogP contribution in [0.5, 0.6) is 0 Å². The predicted molar refractivity (Wildman–Crippen MR) is 79.9 cm³/mol. The maximum atomic E-state index is 11.4. The molecule has 108 valence electrons. The number of carbonyl (C=O) groups excluding carboxylic acids is 2. The molecule has 3 heteroatoms. The topological polar surface area (TPSA) is 46.2 Å². The number of allylic oxidation sites excluding steroid dienone is 3. The van der Waals surface area contributed by atoms with Gasteiger partial charge in [-0.2, -0.15) is 0 Å². The molecule has 0 unspecified atom stereocenters. The SMILES string of the molecule is CCCCCCC(=O)/C=C/C=C/C(=O)NCC(C)C. The summed E-state index contributed by atoms with van der Waals surface area (Å²) in [4.78, 5) is 22.8. The molecule has 0 bridgehead atoms. The van der Waals surface area contributed by atoms with Crippen molar-refractivity contribution in [1.29, 1.82) is 0 Å². The molecule has 19 heavy (non-hydrogen) atoms. The normalized spacial score (nSPS) is 11.6. The Labute approximate surface area is 117 Å². The second-order valence-corrected chi connectivity index (χ2v) is 5.13. The van der Waals surface area contributed by atoms with Crippen molar-refractivity contribution in [3.05, 3.63) is 24.3 Å². The molecule has 0 spiro atoms. The zero-order valence-corrected chi connectivity index (χ0v) is 12.4. The molecule has 0 rings (SSSR count). The van der Waals surface area contributed by atoms with Gasteiger partial charge in [0.05, 0.1) is 0 Å². The summed E-state index contributed by atoms with van der Waals surface area (Å²) >= 11 is 0.